The summed E-state index contributed by atoms with van der Waals surface area (Å²) in [5, 5.41) is 11.4. The first-order chi connectivity index (χ1) is 28.7. The first-order valence-electron chi connectivity index (χ1n) is 19.9. The van der Waals surface area contributed by atoms with Crippen molar-refractivity contribution in [2.24, 2.45) is 0 Å². The molecule has 0 radical (unpaired) electrons. The zero-order valence-electron chi connectivity index (χ0n) is 32.0. The number of hydrogen-bond donors (Lipinski definition) is 0. The van der Waals surface area contributed by atoms with Gasteiger partial charge in [0.25, 0.3) is 0 Å². The van der Waals surface area contributed by atoms with Crippen molar-refractivity contribution in [1.29, 1.82) is 0 Å². The standard InChI is InChI=1S/C51H30N4O.C2H6/c1-2-14-33(15-3-1)49-52-50(37-25-24-31-12-4-5-16-34(31)28-37)54-51(53-49)55-44-30-36-18-7-6-17-35(36)29-43(44)40-21-10-20-39(47(40)55)41-22-11-23-42-46-38-19-9-8-13-32(38)26-27-45(46)56-48(41)42;1-2/h1-30H;1-2H3. The van der Waals surface area contributed by atoms with Crippen molar-refractivity contribution in [3.05, 3.63) is 182 Å². The topological polar surface area (TPSA) is 56.7 Å². The lowest BCUT2D eigenvalue weighted by Crippen LogP contribution is -2.07. The minimum atomic E-state index is 0.549. The second-order valence-corrected chi connectivity index (χ2v) is 14.4. The molecule has 5 nitrogen and oxygen atoms in total. The van der Waals surface area contributed by atoms with Crippen LogP contribution < -0.4 is 0 Å². The normalized spacial score (nSPS) is 11.6. The number of fused-ring (bicyclic) bond motifs is 10. The number of nitrogens with zero attached hydrogens (tertiary/aromatic N) is 4. The highest BCUT2D eigenvalue weighted by Gasteiger charge is 2.23. The van der Waals surface area contributed by atoms with E-state index in [1.807, 2.05) is 32.0 Å². The molecule has 0 saturated carbocycles. The van der Waals surface area contributed by atoms with E-state index in [1.54, 1.807) is 0 Å². The highest BCUT2D eigenvalue weighted by Crippen LogP contribution is 2.44. The van der Waals surface area contributed by atoms with Gasteiger partial charge >= 0.3 is 0 Å². The van der Waals surface area contributed by atoms with E-state index in [4.69, 9.17) is 19.4 Å². The lowest BCUT2D eigenvalue weighted by molar-refractivity contribution is 0.670. The largest absolute Gasteiger partial charge is 0.455 e. The average Bonchev–Trinajstić information content (AvgIpc) is 3.85. The SMILES string of the molecule is CC.c1ccc(-c2nc(-c3ccc4ccccc4c3)nc(-n3c4cc5ccccc5cc4c4cccc(-c5cccc6c5oc5ccc7ccccc7c56)c43)n2)cc1. The van der Waals surface area contributed by atoms with E-state index in [-0.39, 0.29) is 0 Å². The van der Waals surface area contributed by atoms with Gasteiger partial charge in [-0.15, -0.1) is 0 Å². The first-order valence-corrected chi connectivity index (χ1v) is 19.9. The molecular weight excluding hydrogens is 709 g/mol. The van der Waals surface area contributed by atoms with Gasteiger partial charge in [-0.1, -0.05) is 172 Å². The molecule has 0 amide bonds. The number of para-hydroxylation sites is 2. The molecule has 0 saturated heterocycles. The fraction of sp³-hybridized carbons (Fsp3) is 0.0377. The van der Waals surface area contributed by atoms with Gasteiger partial charge in [0, 0.05) is 43.8 Å². The molecule has 0 aliphatic rings. The van der Waals surface area contributed by atoms with Gasteiger partial charge in [-0.05, 0) is 56.6 Å². The van der Waals surface area contributed by atoms with E-state index in [0.29, 0.717) is 17.6 Å². The second kappa shape index (κ2) is 13.5. The summed E-state index contributed by atoms with van der Waals surface area (Å²) in [4.78, 5) is 15.8. The summed E-state index contributed by atoms with van der Waals surface area (Å²) in [7, 11) is 0. The quantitative estimate of drug-likeness (QED) is 0.180. The zero-order chi connectivity index (χ0) is 38.7. The van der Waals surface area contributed by atoms with Crippen molar-refractivity contribution in [1.82, 2.24) is 19.5 Å². The molecular formula is C53H36N4O. The van der Waals surface area contributed by atoms with Crippen molar-refractivity contribution in [2.75, 3.05) is 0 Å². The Bertz CT molecular complexity index is 3540. The van der Waals surface area contributed by atoms with Gasteiger partial charge in [-0.25, -0.2) is 4.98 Å². The van der Waals surface area contributed by atoms with Gasteiger partial charge < -0.3 is 4.42 Å². The summed E-state index contributed by atoms with van der Waals surface area (Å²) in [5.74, 6) is 1.77. The third-order valence-corrected chi connectivity index (χ3v) is 11.2. The van der Waals surface area contributed by atoms with Crippen LogP contribution >= 0.6 is 0 Å². The van der Waals surface area contributed by atoms with Gasteiger partial charge in [0.05, 0.1) is 11.0 Å². The van der Waals surface area contributed by atoms with E-state index in [0.717, 1.165) is 76.8 Å². The molecule has 12 rings (SSSR count). The minimum absolute atomic E-state index is 0.549. The van der Waals surface area contributed by atoms with Crippen LogP contribution in [0.2, 0.25) is 0 Å². The summed E-state index contributed by atoms with van der Waals surface area (Å²) in [6, 6.07) is 63.9. The van der Waals surface area contributed by atoms with Crippen LogP contribution in [0.15, 0.2) is 186 Å². The summed E-state index contributed by atoms with van der Waals surface area (Å²) in [5.41, 5.74) is 7.63. The molecule has 0 fully saturated rings. The van der Waals surface area contributed by atoms with E-state index in [9.17, 15) is 0 Å². The van der Waals surface area contributed by atoms with Crippen LogP contribution in [0.25, 0.3) is 116 Å². The van der Waals surface area contributed by atoms with E-state index in [2.05, 4.69) is 168 Å². The molecule has 0 atom stereocenters. The Morgan fingerprint density at radius 3 is 1.81 bits per heavy atom. The Hall–Kier alpha value is -7.63. The van der Waals surface area contributed by atoms with Crippen molar-refractivity contribution in [3.8, 4) is 39.9 Å². The Labute approximate surface area is 334 Å². The maximum atomic E-state index is 6.82. The molecule has 0 unspecified atom stereocenters. The Morgan fingerprint density at radius 1 is 0.414 bits per heavy atom. The molecule has 0 aliphatic carbocycles. The summed E-state index contributed by atoms with van der Waals surface area (Å²) in [6.45, 7) is 4.00. The smallest absolute Gasteiger partial charge is 0.238 e. The van der Waals surface area contributed by atoms with Crippen LogP contribution in [-0.4, -0.2) is 19.5 Å². The summed E-state index contributed by atoms with van der Waals surface area (Å²) >= 11 is 0. The molecule has 3 aromatic heterocycles. The van der Waals surface area contributed by atoms with Crippen LogP contribution in [0.1, 0.15) is 13.8 Å². The van der Waals surface area contributed by atoms with Crippen LogP contribution in [0.3, 0.4) is 0 Å². The second-order valence-electron chi connectivity index (χ2n) is 14.4. The minimum Gasteiger partial charge on any atom is -0.455 e. The van der Waals surface area contributed by atoms with Gasteiger partial charge in [0.15, 0.2) is 11.6 Å². The predicted octanol–water partition coefficient (Wildman–Crippen LogP) is 14.4. The average molecular weight is 745 g/mol. The maximum Gasteiger partial charge on any atom is 0.238 e. The van der Waals surface area contributed by atoms with Crippen LogP contribution in [0, 0.1) is 0 Å². The fourth-order valence-corrected chi connectivity index (χ4v) is 8.60. The van der Waals surface area contributed by atoms with Gasteiger partial charge in [0.2, 0.25) is 5.95 Å². The summed E-state index contributed by atoms with van der Waals surface area (Å²) < 4.78 is 9.05. The van der Waals surface area contributed by atoms with Crippen molar-refractivity contribution in [2.45, 2.75) is 13.8 Å². The molecule has 3 heterocycles. The molecule has 9 aromatic carbocycles. The maximum absolute atomic E-state index is 6.82. The van der Waals surface area contributed by atoms with E-state index in [1.165, 1.54) is 21.5 Å². The Morgan fingerprint density at radius 2 is 1.02 bits per heavy atom. The molecule has 0 aliphatic heterocycles. The molecule has 5 heteroatoms. The molecule has 274 valence electrons. The highest BCUT2D eigenvalue weighted by molar-refractivity contribution is 6.23. The molecule has 0 spiro atoms. The van der Waals surface area contributed by atoms with Crippen molar-refractivity contribution in [3.63, 3.8) is 0 Å². The number of rotatable bonds is 4. The van der Waals surface area contributed by atoms with Crippen LogP contribution in [-0.2, 0) is 0 Å². The van der Waals surface area contributed by atoms with Gasteiger partial charge in [-0.2, -0.15) is 9.97 Å². The molecule has 58 heavy (non-hydrogen) atoms. The van der Waals surface area contributed by atoms with E-state index >= 15 is 0 Å². The van der Waals surface area contributed by atoms with E-state index < -0.39 is 0 Å². The lowest BCUT2D eigenvalue weighted by atomic mass is 9.98. The first kappa shape index (κ1) is 33.7. The molecule has 12 aromatic rings. The van der Waals surface area contributed by atoms with Crippen molar-refractivity contribution >= 4 is 76.1 Å². The highest BCUT2D eigenvalue weighted by atomic mass is 16.3. The van der Waals surface area contributed by atoms with Crippen LogP contribution in [0.5, 0.6) is 0 Å². The number of hydrogen-bond acceptors (Lipinski definition) is 4. The third kappa shape index (κ3) is 5.28. The van der Waals surface area contributed by atoms with Crippen molar-refractivity contribution < 1.29 is 4.42 Å². The molecule has 0 N–H and O–H groups in total. The zero-order valence-corrected chi connectivity index (χ0v) is 32.0. The van der Waals surface area contributed by atoms with Gasteiger partial charge in [0.1, 0.15) is 11.2 Å². The number of benzene rings is 9. The summed E-state index contributed by atoms with van der Waals surface area (Å²) in [6.07, 6.45) is 0. The number of aromatic nitrogens is 4. The number of furan rings is 1. The third-order valence-electron chi connectivity index (χ3n) is 11.2. The molecule has 0 bridgehead atoms. The van der Waals surface area contributed by atoms with Crippen LogP contribution in [0.4, 0.5) is 0 Å². The van der Waals surface area contributed by atoms with Gasteiger partial charge in [-0.3, -0.25) is 4.57 Å². The predicted molar refractivity (Wildman–Crippen MR) is 242 cm³/mol. The lowest BCUT2D eigenvalue weighted by Gasteiger charge is -2.13. The fourth-order valence-electron chi connectivity index (χ4n) is 8.60. The monoisotopic (exact) mass is 744 g/mol. The Kier molecular flexibility index (Phi) is 7.86. The Balaban J connectivity index is 0.00000190.